The minimum atomic E-state index is -0.562. The van der Waals surface area contributed by atoms with Crippen molar-refractivity contribution in [2.24, 2.45) is 4.99 Å². The summed E-state index contributed by atoms with van der Waals surface area (Å²) in [7, 11) is 0. The monoisotopic (exact) mass is 543 g/mol. The molecule has 0 unspecified atom stereocenters. The number of nitrogens with zero attached hydrogens (tertiary/aromatic N) is 4. The number of aliphatic imine (C=N–C) groups is 1. The summed E-state index contributed by atoms with van der Waals surface area (Å²) >= 11 is 0. The van der Waals surface area contributed by atoms with Crippen molar-refractivity contribution >= 4 is 16.7 Å². The van der Waals surface area contributed by atoms with E-state index in [9.17, 15) is 4.79 Å². The maximum atomic E-state index is 11.5. The minimum absolute atomic E-state index is 0.428. The lowest BCUT2D eigenvalue weighted by molar-refractivity contribution is 0.388. The number of nitrogens with one attached hydrogen (secondary N) is 1. The van der Waals surface area contributed by atoms with Crippen molar-refractivity contribution in [2.45, 2.75) is 46.1 Å². The van der Waals surface area contributed by atoms with Crippen LogP contribution in [0, 0.1) is 0 Å². The fourth-order valence-electron chi connectivity index (χ4n) is 5.41. The van der Waals surface area contributed by atoms with Gasteiger partial charge in [-0.05, 0) is 60.6 Å². The van der Waals surface area contributed by atoms with E-state index in [0.29, 0.717) is 5.82 Å². The molecule has 2 aromatic heterocycles. The highest BCUT2D eigenvalue weighted by molar-refractivity contribution is 5.83. The second-order valence-electron chi connectivity index (χ2n) is 10.5. The molecule has 0 bridgehead atoms. The lowest BCUT2D eigenvalue weighted by Gasteiger charge is -2.31. The summed E-state index contributed by atoms with van der Waals surface area (Å²) in [4.78, 5) is 26.5. The molecular weight excluding hydrogens is 510 g/mol. The van der Waals surface area contributed by atoms with Crippen LogP contribution in [0.15, 0.2) is 111 Å². The molecule has 1 aliphatic heterocycles. The Morgan fingerprint density at radius 1 is 0.927 bits per heavy atom. The molecule has 3 aromatic carbocycles. The number of aromatic nitrogens is 3. The first-order valence-corrected chi connectivity index (χ1v) is 14.2. The summed E-state index contributed by atoms with van der Waals surface area (Å²) in [5.74, 6) is 0.914. The van der Waals surface area contributed by atoms with E-state index in [1.54, 1.807) is 0 Å². The Kier molecular flexibility index (Phi) is 7.58. The maximum Gasteiger partial charge on any atom is 0.439 e. The number of hydrogen-bond donors (Lipinski definition) is 1. The number of H-pyrrole nitrogens is 1. The number of pyridine rings is 1. The number of unbranched alkanes of at least 4 members (excludes halogenated alkanes) is 1. The van der Waals surface area contributed by atoms with E-state index < -0.39 is 5.76 Å². The quantitative estimate of drug-likeness (QED) is 0.213. The second kappa shape index (κ2) is 11.8. The molecule has 1 aliphatic rings. The van der Waals surface area contributed by atoms with Gasteiger partial charge in [-0.25, -0.2) is 9.79 Å². The van der Waals surface area contributed by atoms with Crippen LogP contribution in [-0.2, 0) is 13.0 Å². The smallest absolute Gasteiger partial charge is 0.350 e. The molecule has 0 amide bonds. The van der Waals surface area contributed by atoms with Crippen LogP contribution in [0.5, 0.6) is 0 Å². The van der Waals surface area contributed by atoms with Gasteiger partial charge in [-0.1, -0.05) is 91.3 Å². The summed E-state index contributed by atoms with van der Waals surface area (Å²) in [5.41, 5.74) is 8.75. The number of hydrogen-bond acceptors (Lipinski definition) is 6. The van der Waals surface area contributed by atoms with E-state index >= 15 is 0 Å². The zero-order valence-electron chi connectivity index (χ0n) is 23.4. The van der Waals surface area contributed by atoms with E-state index in [-0.39, 0.29) is 0 Å². The summed E-state index contributed by atoms with van der Waals surface area (Å²) in [6, 6.07) is 29.0. The van der Waals surface area contributed by atoms with Gasteiger partial charge in [-0.3, -0.25) is 14.5 Å². The fourth-order valence-corrected chi connectivity index (χ4v) is 5.41. The lowest BCUT2D eigenvalue weighted by atomic mass is 9.95. The van der Waals surface area contributed by atoms with Crippen LogP contribution in [0.2, 0.25) is 0 Å². The Bertz CT molecular complexity index is 1800. The molecular formula is C34H33N5O2. The first kappa shape index (κ1) is 26.4. The molecule has 0 aliphatic carbocycles. The van der Waals surface area contributed by atoms with Crippen molar-refractivity contribution < 1.29 is 4.52 Å². The SMILES string of the molecule is CCCCC1=C(Cc2ccc(-c3ccccc3-c3noc(=O)[nH]3)cc2)CN(Cc2ccc3ccccc3n2)C(C)=N1. The van der Waals surface area contributed by atoms with Gasteiger partial charge in [0.2, 0.25) is 0 Å². The number of rotatable bonds is 9. The van der Waals surface area contributed by atoms with Gasteiger partial charge >= 0.3 is 5.76 Å². The molecule has 1 N–H and O–H groups in total. The average molecular weight is 544 g/mol. The van der Waals surface area contributed by atoms with Gasteiger partial charge in [0.05, 0.1) is 17.8 Å². The highest BCUT2D eigenvalue weighted by Gasteiger charge is 2.20. The molecule has 0 atom stereocenters. The zero-order valence-corrected chi connectivity index (χ0v) is 23.4. The standard InChI is InChI=1S/C34H33N5O2/c1-3-4-12-32-27(21-39(23(2)35-32)22-28-19-18-26-9-5-8-13-31(26)36-28)20-24-14-16-25(17-15-24)29-10-6-7-11-30(29)33-37-34(40)41-38-33/h5-11,13-19H,3-4,12,20-22H2,1-2H3,(H,37,38,40). The van der Waals surface area contributed by atoms with Crippen LogP contribution < -0.4 is 5.76 Å². The first-order valence-electron chi connectivity index (χ1n) is 14.2. The molecule has 0 radical (unpaired) electrons. The fraction of sp³-hybridized carbons (Fsp3) is 0.235. The van der Waals surface area contributed by atoms with Crippen molar-refractivity contribution in [3.05, 3.63) is 118 Å². The summed E-state index contributed by atoms with van der Waals surface area (Å²) in [6.45, 7) is 5.90. The Labute approximate surface area is 239 Å². The third kappa shape index (κ3) is 5.89. The second-order valence-corrected chi connectivity index (χ2v) is 10.5. The van der Waals surface area contributed by atoms with Gasteiger partial charge in [0.25, 0.3) is 0 Å². The van der Waals surface area contributed by atoms with E-state index in [1.165, 1.54) is 16.8 Å². The molecule has 41 heavy (non-hydrogen) atoms. The van der Waals surface area contributed by atoms with Gasteiger partial charge in [0.15, 0.2) is 5.82 Å². The van der Waals surface area contributed by atoms with Crippen molar-refractivity contribution in [1.82, 2.24) is 20.0 Å². The Morgan fingerprint density at radius 3 is 2.49 bits per heavy atom. The topological polar surface area (TPSA) is 87.4 Å². The Balaban J connectivity index is 1.24. The Hall–Kier alpha value is -4.78. The van der Waals surface area contributed by atoms with Gasteiger partial charge in [-0.2, -0.15) is 0 Å². The number of amidine groups is 1. The molecule has 7 nitrogen and oxygen atoms in total. The van der Waals surface area contributed by atoms with Crippen molar-refractivity contribution in [1.29, 1.82) is 0 Å². The highest BCUT2D eigenvalue weighted by atomic mass is 16.5. The molecule has 206 valence electrons. The van der Waals surface area contributed by atoms with Crippen LogP contribution in [0.4, 0.5) is 0 Å². The van der Waals surface area contributed by atoms with Gasteiger partial charge in [0, 0.05) is 23.2 Å². The largest absolute Gasteiger partial charge is 0.439 e. The molecule has 0 saturated heterocycles. The van der Waals surface area contributed by atoms with Crippen LogP contribution in [0.1, 0.15) is 44.4 Å². The Morgan fingerprint density at radius 2 is 1.71 bits per heavy atom. The van der Waals surface area contributed by atoms with E-state index in [4.69, 9.17) is 14.5 Å². The third-order valence-corrected chi connectivity index (χ3v) is 7.63. The number of benzene rings is 3. The number of allylic oxidation sites excluding steroid dienone is 1. The minimum Gasteiger partial charge on any atom is -0.350 e. The molecule has 6 rings (SSSR count). The van der Waals surface area contributed by atoms with Gasteiger partial charge in [0.1, 0.15) is 5.84 Å². The molecule has 3 heterocycles. The van der Waals surface area contributed by atoms with E-state index in [2.05, 4.69) is 77.4 Å². The van der Waals surface area contributed by atoms with E-state index in [0.717, 1.165) is 77.9 Å². The van der Waals surface area contributed by atoms with Gasteiger partial charge in [-0.15, -0.1) is 0 Å². The first-order chi connectivity index (χ1) is 20.1. The summed E-state index contributed by atoms with van der Waals surface area (Å²) in [6.07, 6.45) is 4.10. The van der Waals surface area contributed by atoms with Crippen LogP contribution in [0.25, 0.3) is 33.4 Å². The molecule has 7 heteroatoms. The lowest BCUT2D eigenvalue weighted by Crippen LogP contribution is -2.34. The number of fused-ring (bicyclic) bond motifs is 1. The highest BCUT2D eigenvalue weighted by Crippen LogP contribution is 2.31. The number of para-hydroxylation sites is 1. The predicted octanol–water partition coefficient (Wildman–Crippen LogP) is 7.17. The van der Waals surface area contributed by atoms with Crippen molar-refractivity contribution in [3.8, 4) is 22.5 Å². The van der Waals surface area contributed by atoms with Crippen LogP contribution in [-0.4, -0.2) is 32.4 Å². The summed E-state index contributed by atoms with van der Waals surface area (Å²) < 4.78 is 4.74. The normalized spacial score (nSPS) is 13.6. The van der Waals surface area contributed by atoms with Crippen molar-refractivity contribution in [2.75, 3.05) is 6.54 Å². The average Bonchev–Trinajstić information content (AvgIpc) is 3.44. The molecule has 0 saturated carbocycles. The summed E-state index contributed by atoms with van der Waals surface area (Å²) in [5, 5.41) is 5.04. The molecule has 0 spiro atoms. The van der Waals surface area contributed by atoms with Gasteiger partial charge < -0.3 is 4.90 Å². The molecule has 0 fully saturated rings. The predicted molar refractivity (Wildman–Crippen MR) is 164 cm³/mol. The molecule has 5 aromatic rings. The third-order valence-electron chi connectivity index (χ3n) is 7.63. The van der Waals surface area contributed by atoms with Crippen LogP contribution in [0.3, 0.4) is 0 Å². The van der Waals surface area contributed by atoms with Crippen molar-refractivity contribution in [3.63, 3.8) is 0 Å². The van der Waals surface area contributed by atoms with E-state index in [1.807, 2.05) is 36.4 Å². The maximum absolute atomic E-state index is 11.5. The zero-order chi connectivity index (χ0) is 28.2. The van der Waals surface area contributed by atoms with Crippen LogP contribution >= 0.6 is 0 Å². The number of aromatic amines is 1.